The van der Waals surface area contributed by atoms with Crippen LogP contribution in [0.2, 0.25) is 0 Å². The summed E-state index contributed by atoms with van der Waals surface area (Å²) in [6, 6.07) is 19.6. The molecule has 0 spiro atoms. The number of hydrogen-bond acceptors (Lipinski definition) is 3. The zero-order valence-corrected chi connectivity index (χ0v) is 17.8. The van der Waals surface area contributed by atoms with Crippen LogP contribution >= 0.6 is 0 Å². The second-order valence-corrected chi connectivity index (χ2v) is 9.60. The number of piperidine rings is 1. The van der Waals surface area contributed by atoms with E-state index in [2.05, 4.69) is 29.6 Å². The van der Waals surface area contributed by atoms with Crippen molar-refractivity contribution in [3.63, 3.8) is 0 Å². The Hall–Kier alpha value is -2.18. The van der Waals surface area contributed by atoms with Crippen molar-refractivity contribution in [3.8, 4) is 0 Å². The van der Waals surface area contributed by atoms with Gasteiger partial charge < -0.3 is 5.32 Å². The molecule has 3 rings (SSSR count). The van der Waals surface area contributed by atoms with Gasteiger partial charge in [0.05, 0.1) is 5.75 Å². The number of carbonyl (C=O) groups is 1. The molecular formula is C23H30N2O3S. The predicted molar refractivity (Wildman–Crippen MR) is 116 cm³/mol. The lowest BCUT2D eigenvalue weighted by Gasteiger charge is -2.34. The van der Waals surface area contributed by atoms with Crippen molar-refractivity contribution >= 4 is 15.9 Å². The first kappa shape index (κ1) is 21.5. The van der Waals surface area contributed by atoms with Crippen LogP contribution in [0.25, 0.3) is 0 Å². The molecule has 156 valence electrons. The van der Waals surface area contributed by atoms with E-state index >= 15 is 0 Å². The first-order valence-corrected chi connectivity index (χ1v) is 12.0. The third-order valence-electron chi connectivity index (χ3n) is 5.46. The fourth-order valence-corrected chi connectivity index (χ4v) is 5.74. The van der Waals surface area contributed by atoms with E-state index in [1.807, 2.05) is 43.3 Å². The first-order chi connectivity index (χ1) is 14.0. The molecule has 1 unspecified atom stereocenters. The number of amides is 1. The summed E-state index contributed by atoms with van der Waals surface area (Å²) in [5.41, 5.74) is 2.25. The first-order valence-electron chi connectivity index (χ1n) is 10.4. The Morgan fingerprint density at radius 3 is 2.17 bits per heavy atom. The van der Waals surface area contributed by atoms with Crippen LogP contribution in [-0.4, -0.2) is 43.5 Å². The molecule has 0 aromatic heterocycles. The van der Waals surface area contributed by atoms with E-state index in [0.717, 1.165) is 24.0 Å². The molecule has 0 aliphatic carbocycles. The highest BCUT2D eigenvalue weighted by Crippen LogP contribution is 2.25. The minimum absolute atomic E-state index is 0.0191. The fraction of sp³-hybridized carbons (Fsp3) is 0.435. The van der Waals surface area contributed by atoms with Crippen molar-refractivity contribution in [2.24, 2.45) is 0 Å². The van der Waals surface area contributed by atoms with Gasteiger partial charge in [0.2, 0.25) is 15.9 Å². The summed E-state index contributed by atoms with van der Waals surface area (Å²) in [7, 11) is -3.40. The summed E-state index contributed by atoms with van der Waals surface area (Å²) in [6.45, 7) is 2.72. The van der Waals surface area contributed by atoms with Crippen LogP contribution in [0.4, 0.5) is 0 Å². The minimum atomic E-state index is -3.40. The van der Waals surface area contributed by atoms with E-state index in [1.165, 1.54) is 4.31 Å². The molecule has 1 saturated heterocycles. The molecule has 1 atom stereocenters. The van der Waals surface area contributed by atoms with Gasteiger partial charge in [-0.3, -0.25) is 4.79 Å². The average molecular weight is 415 g/mol. The molecule has 2 aromatic rings. The second kappa shape index (κ2) is 10.0. The molecule has 1 aliphatic heterocycles. The zero-order valence-electron chi connectivity index (χ0n) is 17.0. The molecule has 0 radical (unpaired) electrons. The number of nitrogens with zero attached hydrogens (tertiary/aromatic N) is 1. The number of sulfonamides is 1. The van der Waals surface area contributed by atoms with Gasteiger partial charge in [-0.15, -0.1) is 0 Å². The highest BCUT2D eigenvalue weighted by molar-refractivity contribution is 7.89. The quantitative estimate of drug-likeness (QED) is 0.719. The third-order valence-corrected chi connectivity index (χ3v) is 7.54. The number of hydrogen-bond donors (Lipinski definition) is 1. The Labute approximate surface area is 174 Å². The van der Waals surface area contributed by atoms with Gasteiger partial charge in [0.15, 0.2) is 0 Å². The average Bonchev–Trinajstić information content (AvgIpc) is 2.75. The van der Waals surface area contributed by atoms with Gasteiger partial charge in [-0.1, -0.05) is 74.0 Å². The Bertz CT molecular complexity index is 845. The molecule has 0 bridgehead atoms. The minimum Gasteiger partial charge on any atom is -0.354 e. The van der Waals surface area contributed by atoms with Crippen molar-refractivity contribution < 1.29 is 13.2 Å². The van der Waals surface area contributed by atoms with E-state index < -0.39 is 16.1 Å². The van der Waals surface area contributed by atoms with Gasteiger partial charge in [-0.25, -0.2) is 8.42 Å². The van der Waals surface area contributed by atoms with Crippen LogP contribution in [0.5, 0.6) is 0 Å². The normalized spacial score (nSPS) is 17.9. The second-order valence-electron chi connectivity index (χ2n) is 7.56. The summed E-state index contributed by atoms with van der Waals surface area (Å²) >= 11 is 0. The smallest absolute Gasteiger partial charge is 0.238 e. The molecule has 1 amide bonds. The van der Waals surface area contributed by atoms with Crippen LogP contribution in [0.15, 0.2) is 60.7 Å². The summed E-state index contributed by atoms with van der Waals surface area (Å²) in [6.07, 6.45) is 2.81. The lowest BCUT2D eigenvalue weighted by Crippen LogP contribution is -2.52. The highest BCUT2D eigenvalue weighted by Gasteiger charge is 2.36. The van der Waals surface area contributed by atoms with E-state index in [4.69, 9.17) is 0 Å². The molecular weight excluding hydrogens is 384 g/mol. The van der Waals surface area contributed by atoms with Gasteiger partial charge >= 0.3 is 0 Å². The van der Waals surface area contributed by atoms with Crippen LogP contribution < -0.4 is 5.32 Å². The lowest BCUT2D eigenvalue weighted by molar-refractivity contribution is -0.125. The van der Waals surface area contributed by atoms with Crippen molar-refractivity contribution in [2.75, 3.05) is 18.8 Å². The van der Waals surface area contributed by atoms with Crippen LogP contribution in [0, 0.1) is 0 Å². The maximum absolute atomic E-state index is 13.0. The Balaban J connectivity index is 1.75. The standard InChI is InChI=1S/C23H30N2O3S/c1-2-17-29(27,28)25-16-10-9-15-22(25)23(26)24-18-21(19-11-5-3-6-12-19)20-13-7-4-8-14-20/h3-8,11-14,21-22H,2,9-10,15-18H2,1H3,(H,24,26). The van der Waals surface area contributed by atoms with Gasteiger partial charge in [-0.05, 0) is 30.4 Å². The van der Waals surface area contributed by atoms with E-state index in [9.17, 15) is 13.2 Å². The molecule has 0 saturated carbocycles. The van der Waals surface area contributed by atoms with E-state index in [-0.39, 0.29) is 17.6 Å². The highest BCUT2D eigenvalue weighted by atomic mass is 32.2. The maximum atomic E-state index is 13.0. The molecule has 5 nitrogen and oxygen atoms in total. The SMILES string of the molecule is CCCS(=O)(=O)N1CCCCC1C(=O)NCC(c1ccccc1)c1ccccc1. The van der Waals surface area contributed by atoms with Crippen molar-refractivity contribution in [1.82, 2.24) is 9.62 Å². The van der Waals surface area contributed by atoms with Crippen LogP contribution in [-0.2, 0) is 14.8 Å². The van der Waals surface area contributed by atoms with E-state index in [1.54, 1.807) is 0 Å². The molecule has 2 aromatic carbocycles. The molecule has 1 N–H and O–H groups in total. The molecule has 29 heavy (non-hydrogen) atoms. The van der Waals surface area contributed by atoms with Crippen molar-refractivity contribution in [3.05, 3.63) is 71.8 Å². The Morgan fingerprint density at radius 2 is 1.62 bits per heavy atom. The third kappa shape index (κ3) is 5.46. The van der Waals surface area contributed by atoms with Gasteiger partial charge in [-0.2, -0.15) is 4.31 Å². The van der Waals surface area contributed by atoms with Crippen LogP contribution in [0.3, 0.4) is 0 Å². The number of benzene rings is 2. The van der Waals surface area contributed by atoms with Crippen molar-refractivity contribution in [1.29, 1.82) is 0 Å². The molecule has 1 aliphatic rings. The topological polar surface area (TPSA) is 66.5 Å². The van der Waals surface area contributed by atoms with Crippen LogP contribution in [0.1, 0.15) is 49.7 Å². The fourth-order valence-electron chi connectivity index (χ4n) is 3.99. The summed E-state index contributed by atoms with van der Waals surface area (Å²) in [5.74, 6) is -0.0835. The largest absolute Gasteiger partial charge is 0.354 e. The molecule has 1 fully saturated rings. The molecule has 1 heterocycles. The molecule has 6 heteroatoms. The Kier molecular flexibility index (Phi) is 7.45. The van der Waals surface area contributed by atoms with Gasteiger partial charge in [0, 0.05) is 19.0 Å². The number of nitrogens with one attached hydrogen (secondary N) is 1. The van der Waals surface area contributed by atoms with Gasteiger partial charge in [0.25, 0.3) is 0 Å². The van der Waals surface area contributed by atoms with Crippen molar-refractivity contribution in [2.45, 2.75) is 44.6 Å². The number of carbonyl (C=O) groups excluding carboxylic acids is 1. The summed E-state index contributed by atoms with van der Waals surface area (Å²) in [4.78, 5) is 13.0. The lowest BCUT2D eigenvalue weighted by atomic mass is 9.91. The summed E-state index contributed by atoms with van der Waals surface area (Å²) in [5, 5.41) is 3.05. The Morgan fingerprint density at radius 1 is 1.03 bits per heavy atom. The zero-order chi connectivity index (χ0) is 20.7. The maximum Gasteiger partial charge on any atom is 0.238 e. The monoisotopic (exact) mass is 414 g/mol. The summed E-state index contributed by atoms with van der Waals surface area (Å²) < 4.78 is 26.7. The van der Waals surface area contributed by atoms with Gasteiger partial charge in [0.1, 0.15) is 6.04 Å². The van der Waals surface area contributed by atoms with E-state index in [0.29, 0.717) is 25.9 Å². The predicted octanol–water partition coefficient (Wildman–Crippen LogP) is 3.53. The number of rotatable bonds is 8.